The molecule has 7 N–H and O–H groups in total. The second kappa shape index (κ2) is 25.7. The van der Waals surface area contributed by atoms with Crippen molar-refractivity contribution in [3.63, 3.8) is 0 Å². The number of halogens is 10. The summed E-state index contributed by atoms with van der Waals surface area (Å²) in [4.78, 5) is 62.4. The van der Waals surface area contributed by atoms with Crippen LogP contribution in [-0.2, 0) is 36.9 Å². The number of allylic oxidation sites excluding steroid dienone is 1. The lowest BCUT2D eigenvalue weighted by molar-refractivity contribution is -0.222. The number of aromatic nitrogens is 1. The van der Waals surface area contributed by atoms with E-state index in [1.165, 1.54) is 19.1 Å². The van der Waals surface area contributed by atoms with Crippen LogP contribution in [0.5, 0.6) is 0 Å². The molecule has 2 aromatic carbocycles. The molecule has 80 heavy (non-hydrogen) atoms. The smallest absolute Gasteiger partial charge is 0.390 e. The predicted molar refractivity (Wildman–Crippen MR) is 273 cm³/mol. The number of alkyl halides is 8. The van der Waals surface area contributed by atoms with Gasteiger partial charge in [-0.05, 0) is 95.0 Å². The van der Waals surface area contributed by atoms with E-state index in [4.69, 9.17) is 10.1 Å². The van der Waals surface area contributed by atoms with Gasteiger partial charge in [0, 0.05) is 86.3 Å². The first-order chi connectivity index (χ1) is 37.4. The van der Waals surface area contributed by atoms with E-state index in [2.05, 4.69) is 42.7 Å². The molecule has 3 fully saturated rings. The van der Waals surface area contributed by atoms with E-state index >= 15 is 8.78 Å². The number of benzene rings is 2. The van der Waals surface area contributed by atoms with Crippen molar-refractivity contribution in [3.05, 3.63) is 106 Å². The summed E-state index contributed by atoms with van der Waals surface area (Å²) in [6.07, 6.45) is -7.92. The molecule has 4 heterocycles. The van der Waals surface area contributed by atoms with Gasteiger partial charge in [0.2, 0.25) is 17.7 Å². The number of aliphatic hydroxyl groups is 1. The minimum Gasteiger partial charge on any atom is -0.390 e. The quantitative estimate of drug-likeness (QED) is 0.0204. The Morgan fingerprint density at radius 3 is 1.90 bits per heavy atom. The van der Waals surface area contributed by atoms with Crippen LogP contribution in [0.1, 0.15) is 88.6 Å². The van der Waals surface area contributed by atoms with Crippen molar-refractivity contribution in [2.24, 2.45) is 10.8 Å². The third kappa shape index (κ3) is 15.3. The average molecular weight is 1140 g/mol. The van der Waals surface area contributed by atoms with Crippen LogP contribution in [0.4, 0.5) is 49.7 Å². The molecule has 16 nitrogen and oxygen atoms in total. The van der Waals surface area contributed by atoms with Crippen molar-refractivity contribution in [2.75, 3.05) is 37.7 Å². The number of hydrogen-bond acceptors (Lipinski definition) is 12. The third-order valence-electron chi connectivity index (χ3n) is 14.6. The summed E-state index contributed by atoms with van der Waals surface area (Å²) in [6, 6.07) is 5.88. The fourth-order valence-corrected chi connectivity index (χ4v) is 9.50. The lowest BCUT2D eigenvalue weighted by Gasteiger charge is -2.47. The zero-order valence-corrected chi connectivity index (χ0v) is 44.6. The van der Waals surface area contributed by atoms with Crippen LogP contribution in [0.2, 0.25) is 0 Å². The minimum atomic E-state index is -5.17. The molecule has 436 valence electrons. The monoisotopic (exact) mass is 1140 g/mol. The topological polar surface area (TPSA) is 204 Å². The number of fused-ring (bicyclic) bond motifs is 2. The van der Waals surface area contributed by atoms with E-state index in [0.717, 1.165) is 58.0 Å². The molecule has 3 aliphatic heterocycles. The summed E-state index contributed by atoms with van der Waals surface area (Å²) >= 11 is 0. The molecule has 6 atom stereocenters. The Labute approximate surface area is 455 Å². The first-order valence-corrected chi connectivity index (χ1v) is 25.6. The van der Waals surface area contributed by atoms with E-state index in [-0.39, 0.29) is 6.42 Å². The number of anilines is 1. The molecule has 3 aliphatic rings. The van der Waals surface area contributed by atoms with Gasteiger partial charge in [-0.3, -0.25) is 29.5 Å². The number of carbonyl (C=O) groups is 4. The highest BCUT2D eigenvalue weighted by Gasteiger charge is 2.57. The molecule has 6 rings (SSSR count). The lowest BCUT2D eigenvalue weighted by atomic mass is 9.82. The number of piperazine rings is 1. The van der Waals surface area contributed by atoms with E-state index in [0.29, 0.717) is 85.9 Å². The van der Waals surface area contributed by atoms with Crippen LogP contribution in [-0.4, -0.2) is 143 Å². The van der Waals surface area contributed by atoms with Crippen molar-refractivity contribution in [3.8, 4) is 11.8 Å². The van der Waals surface area contributed by atoms with Crippen LogP contribution in [0.25, 0.3) is 0 Å². The van der Waals surface area contributed by atoms with E-state index in [1.54, 1.807) is 23.6 Å². The number of pyridine rings is 1. The van der Waals surface area contributed by atoms with Crippen molar-refractivity contribution in [1.82, 2.24) is 41.6 Å². The predicted octanol–water partition coefficient (Wildman–Crippen LogP) is 6.00. The molecule has 1 aromatic heterocycles. The maximum absolute atomic E-state index is 15.9. The number of rotatable bonds is 22. The van der Waals surface area contributed by atoms with Gasteiger partial charge in [-0.15, -0.1) is 0 Å². The first kappa shape index (κ1) is 62.4. The van der Waals surface area contributed by atoms with Crippen LogP contribution in [0.3, 0.4) is 0 Å². The van der Waals surface area contributed by atoms with Crippen LogP contribution < -0.4 is 31.6 Å². The zero-order chi connectivity index (χ0) is 59.1. The second-order valence-electron chi connectivity index (χ2n) is 21.1. The van der Waals surface area contributed by atoms with Crippen LogP contribution in [0, 0.1) is 39.7 Å². The van der Waals surface area contributed by atoms with Gasteiger partial charge in [0.1, 0.15) is 29.5 Å². The van der Waals surface area contributed by atoms with Crippen molar-refractivity contribution >= 4 is 35.2 Å². The Morgan fingerprint density at radius 2 is 1.40 bits per heavy atom. The fourth-order valence-electron chi connectivity index (χ4n) is 9.50. The Bertz CT molecular complexity index is 2760. The summed E-state index contributed by atoms with van der Waals surface area (Å²) in [6.45, 7) is 2.53. The molecule has 2 bridgehead atoms. The summed E-state index contributed by atoms with van der Waals surface area (Å²) in [7, 11) is 0. The lowest BCUT2D eigenvalue weighted by Crippen LogP contribution is -2.63. The maximum atomic E-state index is 15.9. The molecule has 0 saturated carbocycles. The van der Waals surface area contributed by atoms with Crippen molar-refractivity contribution in [1.29, 1.82) is 5.41 Å². The zero-order valence-electron chi connectivity index (χ0n) is 44.6. The summed E-state index contributed by atoms with van der Waals surface area (Å²) < 4.78 is 150. The van der Waals surface area contributed by atoms with Crippen molar-refractivity contribution < 1.29 is 72.9 Å². The summed E-state index contributed by atoms with van der Waals surface area (Å²) in [5, 5.41) is 28.6. The number of hydrazine groups is 1. The second-order valence-corrected chi connectivity index (χ2v) is 21.1. The third-order valence-corrected chi connectivity index (χ3v) is 14.6. The van der Waals surface area contributed by atoms with Gasteiger partial charge in [-0.2, -0.15) is 35.1 Å². The van der Waals surface area contributed by atoms with Gasteiger partial charge in [-0.25, -0.2) is 18.8 Å². The number of hydrogen-bond donors (Lipinski definition) is 7. The van der Waals surface area contributed by atoms with E-state index in [9.17, 15) is 59.4 Å². The highest BCUT2D eigenvalue weighted by Crippen LogP contribution is 2.42. The van der Waals surface area contributed by atoms with Gasteiger partial charge in [0.25, 0.3) is 5.91 Å². The largest absolute Gasteiger partial charge is 0.396 e. The van der Waals surface area contributed by atoms with E-state index in [1.807, 2.05) is 17.4 Å². The summed E-state index contributed by atoms with van der Waals surface area (Å²) in [5.41, 5.74) is -4.63. The van der Waals surface area contributed by atoms with Crippen LogP contribution in [0.15, 0.2) is 67.0 Å². The number of carbonyl (C=O) groups excluding carboxylic acids is 4. The number of nitrogens with zero attached hydrogens (tertiary/aromatic N) is 4. The Morgan fingerprint density at radius 1 is 0.838 bits per heavy atom. The van der Waals surface area contributed by atoms with Gasteiger partial charge in [-0.1, -0.05) is 30.9 Å². The molecular weight excluding hydrogens is 1070 g/mol. The number of nitrogens with one attached hydrogen (secondary N) is 6. The first-order valence-electron chi connectivity index (χ1n) is 25.6. The number of aliphatic hydroxyl groups excluding tert-OH is 1. The highest BCUT2D eigenvalue weighted by molar-refractivity contribution is 6.06. The Hall–Kier alpha value is -6.82. The molecule has 0 radical (unpaired) electrons. The average Bonchev–Trinajstić information content (AvgIpc) is 3.59. The fraction of sp³-hybridized carbons (Fsp3) is 0.519. The molecule has 26 heteroatoms. The number of ether oxygens (including phenoxy) is 1. The van der Waals surface area contributed by atoms with Crippen molar-refractivity contribution in [2.45, 2.75) is 135 Å². The molecule has 3 saturated heterocycles. The Kier molecular flexibility index (Phi) is 20.1. The molecule has 0 aliphatic carbocycles. The molecule has 4 amide bonds. The summed E-state index contributed by atoms with van der Waals surface area (Å²) in [5.74, 6) is -1.14. The number of amides is 4. The molecule has 2 unspecified atom stereocenters. The molecular formula is C54H64F10N10O6. The van der Waals surface area contributed by atoms with Gasteiger partial charge >= 0.3 is 18.9 Å². The standard InChI is InChI=1S/C54H64F10N10O6/c1-7-45(77)70-46(51(3,4)53(59,60)61)48(78)69-42(20-32-11-8-31(9-12-32)10-13-33-14-17-44(67-23-33)72-24-35-15-16-36(25-72)74(35)37-28-80-29-37)43(76)27-73(71-49(79)47(68-30(2)75)52(5,6)54(62,63)64)26-38-39(55)21-34(22-40(38)56)41(65)18-19-66-50(57)58/h8-9,11-12,14,17-19,21-23,35-37,42-43,46-47,50,65-66,76H,7,15-16,20,24-29H2,1-6H3,(H,68,75)(H,69,78)(H,70,77)(H,71,79)/b19-18-,65-41?/t35?,36?,42-,43-,46+,47+/m0/s1. The van der Waals surface area contributed by atoms with Gasteiger partial charge in [0.15, 0.2) is 0 Å². The van der Waals surface area contributed by atoms with E-state index < -0.39 is 126 Å². The normalized spacial score (nSPS) is 18.7. The highest BCUT2D eigenvalue weighted by atomic mass is 19.4. The maximum Gasteiger partial charge on any atom is 0.396 e. The van der Waals surface area contributed by atoms with Gasteiger partial charge < -0.3 is 41.4 Å². The molecule has 0 spiro atoms. The van der Waals surface area contributed by atoms with Crippen LogP contribution >= 0.6 is 0 Å². The SMILES string of the molecule is CCC(=O)N[C@H](C(=O)N[C@@H](Cc1ccc(C#Cc2ccc(N3CC4CCC(C3)N4C3COC3)nc2)cc1)[C@@H](O)CN(Cc1c(F)cc(C(=N)/C=C\NC(F)F)cc1F)NC(=O)[C@@H](NC(C)=O)C(C)(C)C(F)(F)F)C(C)(C)C(F)(F)F. The van der Waals surface area contributed by atoms with Gasteiger partial charge in [0.05, 0.1) is 47.9 Å². The minimum absolute atomic E-state index is 0.301. The Balaban J connectivity index is 1.30. The molecule has 3 aromatic rings.